The zero-order valence-electron chi connectivity index (χ0n) is 7.08. The number of nitroso groups, excluding NO2 is 1. The van der Waals surface area contributed by atoms with Crippen LogP contribution in [0.2, 0.25) is 0 Å². The number of carbonyl (C=O) groups is 1. The van der Waals surface area contributed by atoms with Gasteiger partial charge in [0.1, 0.15) is 0 Å². The summed E-state index contributed by atoms with van der Waals surface area (Å²) in [6.45, 7) is 1.95. The van der Waals surface area contributed by atoms with Gasteiger partial charge in [-0.1, -0.05) is 28.1 Å². The van der Waals surface area contributed by atoms with Crippen molar-refractivity contribution < 1.29 is 4.79 Å². The molecule has 0 atom stereocenters. The number of nitrogens with zero attached hydrogens (tertiary/aromatic N) is 1. The first-order valence-electron chi connectivity index (χ1n) is 3.74. The minimum atomic E-state index is -0.649. The van der Waals surface area contributed by atoms with Gasteiger partial charge in [-0.2, -0.15) is 0 Å². The molecular weight excluding hydrogens is 234 g/mol. The largest absolute Gasteiger partial charge is 0.290 e. The predicted molar refractivity (Wildman–Crippen MR) is 53.4 cm³/mol. The van der Waals surface area contributed by atoms with E-state index >= 15 is 0 Å². The summed E-state index contributed by atoms with van der Waals surface area (Å²) in [4.78, 5) is 20.6. The number of rotatable bonds is 2. The molecule has 0 aliphatic heterocycles. The summed E-state index contributed by atoms with van der Waals surface area (Å²) in [7, 11) is 0. The molecule has 0 aromatic heterocycles. The van der Waals surface area contributed by atoms with Gasteiger partial charge in [0.15, 0.2) is 0 Å². The van der Waals surface area contributed by atoms with Gasteiger partial charge in [-0.3, -0.25) is 4.79 Å². The van der Waals surface area contributed by atoms with Crippen LogP contribution in [-0.2, 0) is 11.2 Å². The van der Waals surface area contributed by atoms with E-state index < -0.39 is 5.91 Å². The Morgan fingerprint density at radius 2 is 2.23 bits per heavy atom. The topological polar surface area (TPSA) is 46.5 Å². The van der Waals surface area contributed by atoms with Gasteiger partial charge in [0.2, 0.25) is 0 Å². The highest BCUT2D eigenvalue weighted by molar-refractivity contribution is 9.10. The number of amides is 1. The molecular formula is C9H8BrNO2. The van der Waals surface area contributed by atoms with Crippen LogP contribution < -0.4 is 0 Å². The van der Waals surface area contributed by atoms with E-state index in [0.717, 1.165) is 15.6 Å². The van der Waals surface area contributed by atoms with Crippen LogP contribution in [0.5, 0.6) is 0 Å². The molecule has 13 heavy (non-hydrogen) atoms. The fraction of sp³-hybridized carbons (Fsp3) is 0.222. The van der Waals surface area contributed by atoms with E-state index in [0.29, 0.717) is 0 Å². The van der Waals surface area contributed by atoms with Gasteiger partial charge in [0.25, 0.3) is 5.91 Å². The minimum absolute atomic E-state index is 0.0599. The maximum Gasteiger partial charge on any atom is 0.290 e. The van der Waals surface area contributed by atoms with Crippen LogP contribution in [0.1, 0.15) is 11.1 Å². The normalized spacial score (nSPS) is 9.69. The Labute approximate surface area is 84.3 Å². The van der Waals surface area contributed by atoms with E-state index in [1.165, 1.54) is 0 Å². The molecule has 1 aromatic rings. The SMILES string of the molecule is Cc1ccc(CC(=O)N=O)c(Br)c1. The van der Waals surface area contributed by atoms with Crippen LogP contribution in [0.4, 0.5) is 0 Å². The number of halogens is 1. The molecule has 0 bridgehead atoms. The molecule has 1 aromatic carbocycles. The average Bonchev–Trinajstić information content (AvgIpc) is 2.09. The second kappa shape index (κ2) is 4.28. The van der Waals surface area contributed by atoms with Crippen molar-refractivity contribution in [3.05, 3.63) is 38.7 Å². The van der Waals surface area contributed by atoms with Crippen molar-refractivity contribution in [2.75, 3.05) is 0 Å². The molecule has 0 saturated carbocycles. The van der Waals surface area contributed by atoms with Crippen molar-refractivity contribution in [1.29, 1.82) is 0 Å². The Hall–Kier alpha value is -1.03. The van der Waals surface area contributed by atoms with Gasteiger partial charge in [0.05, 0.1) is 6.42 Å². The molecule has 0 saturated heterocycles. The predicted octanol–water partition coefficient (Wildman–Crippen LogP) is 2.59. The molecule has 1 amide bonds. The van der Waals surface area contributed by atoms with Gasteiger partial charge in [-0.25, -0.2) is 0 Å². The van der Waals surface area contributed by atoms with Crippen molar-refractivity contribution in [3.63, 3.8) is 0 Å². The molecule has 0 heterocycles. The zero-order chi connectivity index (χ0) is 9.84. The maximum absolute atomic E-state index is 10.7. The zero-order valence-corrected chi connectivity index (χ0v) is 8.67. The van der Waals surface area contributed by atoms with Crippen LogP contribution in [0.15, 0.2) is 27.8 Å². The second-order valence-corrected chi connectivity index (χ2v) is 3.61. The molecule has 3 nitrogen and oxygen atoms in total. The standard InChI is InChI=1S/C9H8BrNO2/c1-6-2-3-7(8(10)4-6)5-9(12)11-13/h2-4H,5H2,1H3. The first-order chi connectivity index (χ1) is 6.13. The van der Waals surface area contributed by atoms with Crippen molar-refractivity contribution >= 4 is 21.8 Å². The summed E-state index contributed by atoms with van der Waals surface area (Å²) in [6, 6.07) is 5.59. The Morgan fingerprint density at radius 3 is 2.77 bits per heavy atom. The van der Waals surface area contributed by atoms with Crippen molar-refractivity contribution in [1.82, 2.24) is 0 Å². The monoisotopic (exact) mass is 241 g/mol. The molecule has 0 fully saturated rings. The van der Waals surface area contributed by atoms with Gasteiger partial charge in [0, 0.05) is 9.65 Å². The number of hydrogen-bond donors (Lipinski definition) is 0. The third kappa shape index (κ3) is 2.73. The van der Waals surface area contributed by atoms with Crippen LogP contribution in [0, 0.1) is 11.8 Å². The molecule has 1 rings (SSSR count). The Morgan fingerprint density at radius 1 is 1.54 bits per heavy atom. The molecule has 0 N–H and O–H groups in total. The Bertz CT molecular complexity index is 349. The third-order valence-corrected chi connectivity index (χ3v) is 2.39. The summed E-state index contributed by atoms with van der Waals surface area (Å²) in [5.41, 5.74) is 1.89. The number of aryl methyl sites for hydroxylation is 1. The lowest BCUT2D eigenvalue weighted by atomic mass is 10.1. The Balaban J connectivity index is 2.89. The third-order valence-electron chi connectivity index (χ3n) is 1.65. The minimum Gasteiger partial charge on any atom is -0.269 e. The highest BCUT2D eigenvalue weighted by atomic mass is 79.9. The van der Waals surface area contributed by atoms with E-state index in [1.54, 1.807) is 0 Å². The summed E-state index contributed by atoms with van der Waals surface area (Å²) in [5, 5.41) is 2.34. The molecule has 0 aliphatic rings. The van der Waals surface area contributed by atoms with Crippen LogP contribution in [0.3, 0.4) is 0 Å². The number of carbonyl (C=O) groups excluding carboxylic acids is 1. The molecule has 68 valence electrons. The van der Waals surface area contributed by atoms with E-state index in [4.69, 9.17) is 0 Å². The maximum atomic E-state index is 10.7. The first kappa shape index (κ1) is 10.1. The first-order valence-corrected chi connectivity index (χ1v) is 4.54. The molecule has 4 heteroatoms. The average molecular weight is 242 g/mol. The van der Waals surface area contributed by atoms with Gasteiger partial charge in [-0.15, -0.1) is 4.91 Å². The smallest absolute Gasteiger partial charge is 0.269 e. The van der Waals surface area contributed by atoms with Crippen molar-refractivity contribution in [2.45, 2.75) is 13.3 Å². The number of benzene rings is 1. The summed E-state index contributed by atoms with van der Waals surface area (Å²) in [5.74, 6) is -0.649. The molecule has 0 unspecified atom stereocenters. The van der Waals surface area contributed by atoms with Gasteiger partial charge < -0.3 is 0 Å². The quantitative estimate of drug-likeness (QED) is 0.748. The lowest BCUT2D eigenvalue weighted by molar-refractivity contribution is -0.117. The van der Waals surface area contributed by atoms with E-state index in [9.17, 15) is 9.70 Å². The molecule has 0 spiro atoms. The van der Waals surface area contributed by atoms with Crippen LogP contribution >= 0.6 is 15.9 Å². The lowest BCUT2D eigenvalue weighted by Gasteiger charge is -2.01. The summed E-state index contributed by atoms with van der Waals surface area (Å²) < 4.78 is 0.838. The van der Waals surface area contributed by atoms with Gasteiger partial charge in [-0.05, 0) is 24.1 Å². The van der Waals surface area contributed by atoms with E-state index in [1.807, 2.05) is 25.1 Å². The van der Waals surface area contributed by atoms with Crippen molar-refractivity contribution in [2.24, 2.45) is 5.18 Å². The second-order valence-electron chi connectivity index (χ2n) is 2.76. The fourth-order valence-corrected chi connectivity index (χ4v) is 1.62. The summed E-state index contributed by atoms with van der Waals surface area (Å²) >= 11 is 3.31. The number of hydrogen-bond acceptors (Lipinski definition) is 2. The fourth-order valence-electron chi connectivity index (χ4n) is 0.991. The highest BCUT2D eigenvalue weighted by Crippen LogP contribution is 2.18. The molecule has 0 aliphatic carbocycles. The highest BCUT2D eigenvalue weighted by Gasteiger charge is 2.06. The summed E-state index contributed by atoms with van der Waals surface area (Å²) in [6.07, 6.45) is 0.0599. The van der Waals surface area contributed by atoms with E-state index in [2.05, 4.69) is 21.1 Å². The van der Waals surface area contributed by atoms with Crippen LogP contribution in [-0.4, -0.2) is 5.91 Å². The molecule has 0 radical (unpaired) electrons. The van der Waals surface area contributed by atoms with E-state index in [-0.39, 0.29) is 6.42 Å². The lowest BCUT2D eigenvalue weighted by Crippen LogP contribution is -1.98. The van der Waals surface area contributed by atoms with Crippen LogP contribution in [0.25, 0.3) is 0 Å². The Kier molecular flexibility index (Phi) is 3.31. The van der Waals surface area contributed by atoms with Gasteiger partial charge >= 0.3 is 0 Å². The van der Waals surface area contributed by atoms with Crippen molar-refractivity contribution in [3.8, 4) is 0 Å².